The molecule has 1 aromatic rings. The summed E-state index contributed by atoms with van der Waals surface area (Å²) in [6.45, 7) is 18.6. The molecule has 8 nitrogen and oxygen atoms in total. The van der Waals surface area contributed by atoms with Gasteiger partial charge >= 0.3 is 12.2 Å². The van der Waals surface area contributed by atoms with Crippen LogP contribution in [0.25, 0.3) is 0 Å². The monoisotopic (exact) mass is 471 g/mol. The first-order valence-corrected chi connectivity index (χ1v) is 11.5. The maximum Gasteiger partial charge on any atom is 0.416 e. The van der Waals surface area contributed by atoms with E-state index in [9.17, 15) is 14.4 Å². The van der Waals surface area contributed by atoms with E-state index >= 15 is 0 Å². The Bertz CT molecular complexity index is 1020. The van der Waals surface area contributed by atoms with Gasteiger partial charge in [-0.25, -0.2) is 9.59 Å². The zero-order chi connectivity index (χ0) is 25.9. The molecule has 1 fully saturated rings. The molecule has 0 bridgehead atoms. The van der Waals surface area contributed by atoms with Crippen LogP contribution in [0.1, 0.15) is 67.4 Å². The van der Waals surface area contributed by atoms with E-state index in [2.05, 4.69) is 6.58 Å². The van der Waals surface area contributed by atoms with E-state index in [1.807, 2.05) is 38.1 Å². The number of para-hydroxylation sites is 1. The van der Waals surface area contributed by atoms with Gasteiger partial charge in [-0.15, -0.1) is 6.58 Å². The number of benzene rings is 1. The molecule has 1 saturated heterocycles. The van der Waals surface area contributed by atoms with Crippen LogP contribution in [0.2, 0.25) is 0 Å². The van der Waals surface area contributed by atoms with Crippen molar-refractivity contribution >= 4 is 23.8 Å². The van der Waals surface area contributed by atoms with Crippen LogP contribution in [0.15, 0.2) is 36.9 Å². The highest BCUT2D eigenvalue weighted by Crippen LogP contribution is 2.62. The number of carbonyl (C=O) groups excluding carboxylic acids is 3. The van der Waals surface area contributed by atoms with Gasteiger partial charge in [0.2, 0.25) is 5.91 Å². The first kappa shape index (κ1) is 25.6. The van der Waals surface area contributed by atoms with E-state index in [1.165, 1.54) is 9.80 Å². The highest BCUT2D eigenvalue weighted by Gasteiger charge is 2.69. The minimum Gasteiger partial charge on any atom is -0.444 e. The Morgan fingerprint density at radius 2 is 1.53 bits per heavy atom. The second-order valence-electron chi connectivity index (χ2n) is 11.6. The summed E-state index contributed by atoms with van der Waals surface area (Å²) < 4.78 is 11.5. The minimum absolute atomic E-state index is 0.210. The van der Waals surface area contributed by atoms with E-state index in [4.69, 9.17) is 15.2 Å². The van der Waals surface area contributed by atoms with Crippen molar-refractivity contribution in [3.63, 3.8) is 0 Å². The van der Waals surface area contributed by atoms with Crippen LogP contribution in [-0.2, 0) is 19.7 Å². The van der Waals surface area contributed by atoms with Gasteiger partial charge in [-0.3, -0.25) is 14.6 Å². The summed E-state index contributed by atoms with van der Waals surface area (Å²) >= 11 is 0. The smallest absolute Gasteiger partial charge is 0.416 e. The van der Waals surface area contributed by atoms with Crippen molar-refractivity contribution in [2.45, 2.75) is 90.6 Å². The fourth-order valence-electron chi connectivity index (χ4n) is 5.12. The zero-order valence-corrected chi connectivity index (χ0v) is 21.5. The van der Waals surface area contributed by atoms with Crippen LogP contribution in [-0.4, -0.2) is 46.4 Å². The lowest BCUT2D eigenvalue weighted by atomic mass is 9.60. The molecule has 8 heteroatoms. The Hall–Kier alpha value is -3.03. The van der Waals surface area contributed by atoms with Gasteiger partial charge in [0, 0.05) is 5.41 Å². The van der Waals surface area contributed by atoms with E-state index in [1.54, 1.807) is 47.6 Å². The van der Waals surface area contributed by atoms with E-state index in [0.717, 1.165) is 5.56 Å². The van der Waals surface area contributed by atoms with Gasteiger partial charge in [-0.2, -0.15) is 0 Å². The summed E-state index contributed by atoms with van der Waals surface area (Å²) in [4.78, 5) is 42.7. The molecule has 0 spiro atoms. The number of anilines is 1. The molecule has 3 atom stereocenters. The van der Waals surface area contributed by atoms with Crippen LogP contribution in [0.4, 0.5) is 15.3 Å². The Morgan fingerprint density at radius 1 is 1.00 bits per heavy atom. The van der Waals surface area contributed by atoms with E-state index in [0.29, 0.717) is 5.69 Å². The number of rotatable bonds is 3. The zero-order valence-electron chi connectivity index (χ0n) is 21.5. The first-order valence-electron chi connectivity index (χ1n) is 11.5. The number of amides is 3. The predicted molar refractivity (Wildman–Crippen MR) is 130 cm³/mol. The van der Waals surface area contributed by atoms with Gasteiger partial charge < -0.3 is 15.2 Å². The fourth-order valence-corrected chi connectivity index (χ4v) is 5.12. The number of nitrogens with zero attached hydrogens (tertiary/aromatic N) is 2. The van der Waals surface area contributed by atoms with Gasteiger partial charge in [0.05, 0.1) is 5.69 Å². The van der Waals surface area contributed by atoms with Crippen molar-refractivity contribution in [2.75, 3.05) is 4.90 Å². The molecular weight excluding hydrogens is 434 g/mol. The number of hydrogen-bond acceptors (Lipinski definition) is 5. The number of nitrogens with two attached hydrogens (primary N) is 1. The third-order valence-electron chi connectivity index (χ3n) is 6.63. The van der Waals surface area contributed by atoms with Crippen LogP contribution in [0.3, 0.4) is 0 Å². The molecule has 2 N–H and O–H groups in total. The number of carbonyl (C=O) groups is 3. The summed E-state index contributed by atoms with van der Waals surface area (Å²) in [6, 6.07) is 6.47. The van der Waals surface area contributed by atoms with Gasteiger partial charge in [0.15, 0.2) is 0 Å². The molecule has 2 aliphatic rings. The Kier molecular flexibility index (Phi) is 6.04. The van der Waals surface area contributed by atoms with Gasteiger partial charge in [0.1, 0.15) is 23.4 Å². The lowest BCUT2D eigenvalue weighted by molar-refractivity contribution is -0.122. The summed E-state index contributed by atoms with van der Waals surface area (Å²) in [5, 5.41) is 0. The number of likely N-dealkylation sites (tertiary alicyclic amines) is 1. The molecule has 34 heavy (non-hydrogen) atoms. The maximum atomic E-state index is 13.6. The molecule has 0 aliphatic carbocycles. The summed E-state index contributed by atoms with van der Waals surface area (Å²) in [5.74, 6) is -0.666. The van der Waals surface area contributed by atoms with E-state index in [-0.39, 0.29) is 6.42 Å². The number of primary amides is 1. The third-order valence-corrected chi connectivity index (χ3v) is 6.63. The number of allylic oxidation sites excluding steroid dienone is 1. The summed E-state index contributed by atoms with van der Waals surface area (Å²) in [7, 11) is 0. The fraction of sp³-hybridized carbons (Fsp3) is 0.577. The SMILES string of the molecule is C=CC(C)(C)[C@@]12C[C@@H](C(N)=O)N(C(=O)OC(C)(C)C)[C@@H]1N(C(=O)OC(C)(C)C)c1ccccc12. The standard InChI is InChI=1S/C26H37N3O5/c1-10-25(8,9)26-15-18(19(27)30)29(22(32)34-24(5,6)7)20(26)28(21(31)33-23(2,3)4)17-14-12-11-13-16(17)26/h10-14,18,20H,1,15H2,2-9H3,(H2,27,30)/t18-,20-,26+/m0/s1. The largest absolute Gasteiger partial charge is 0.444 e. The Balaban J connectivity index is 2.33. The molecular formula is C26H37N3O5. The minimum atomic E-state index is -0.989. The normalized spacial score (nSPS) is 24.4. The topological polar surface area (TPSA) is 102 Å². The van der Waals surface area contributed by atoms with Crippen LogP contribution >= 0.6 is 0 Å². The van der Waals surface area contributed by atoms with Crippen molar-refractivity contribution in [1.82, 2.24) is 4.90 Å². The van der Waals surface area contributed by atoms with Gasteiger partial charge in [-0.05, 0) is 65.0 Å². The summed E-state index contributed by atoms with van der Waals surface area (Å²) in [6.07, 6.45) is -0.233. The van der Waals surface area contributed by atoms with Crippen LogP contribution < -0.4 is 10.6 Å². The second-order valence-corrected chi connectivity index (χ2v) is 11.6. The summed E-state index contributed by atoms with van der Waals surface area (Å²) in [5.41, 5.74) is 4.16. The highest BCUT2D eigenvalue weighted by molar-refractivity contribution is 5.96. The van der Waals surface area contributed by atoms with Crippen LogP contribution in [0, 0.1) is 5.41 Å². The predicted octanol–water partition coefficient (Wildman–Crippen LogP) is 4.71. The molecule has 0 saturated carbocycles. The molecule has 0 radical (unpaired) electrons. The number of fused-ring (bicyclic) bond motifs is 3. The quantitative estimate of drug-likeness (QED) is 0.643. The van der Waals surface area contributed by atoms with Gasteiger partial charge in [-0.1, -0.05) is 38.1 Å². The van der Waals surface area contributed by atoms with Crippen LogP contribution in [0.5, 0.6) is 0 Å². The van der Waals surface area contributed by atoms with Crippen molar-refractivity contribution in [3.8, 4) is 0 Å². The van der Waals surface area contributed by atoms with Crippen molar-refractivity contribution < 1.29 is 23.9 Å². The van der Waals surface area contributed by atoms with Crippen molar-refractivity contribution in [1.29, 1.82) is 0 Å². The lowest BCUT2D eigenvalue weighted by Gasteiger charge is -2.45. The number of hydrogen-bond donors (Lipinski definition) is 1. The van der Waals surface area contributed by atoms with Crippen molar-refractivity contribution in [2.24, 2.45) is 11.1 Å². The molecule has 0 unspecified atom stereocenters. The lowest BCUT2D eigenvalue weighted by Crippen LogP contribution is -2.60. The Morgan fingerprint density at radius 3 is 2.03 bits per heavy atom. The molecule has 1 aromatic carbocycles. The third kappa shape index (κ3) is 4.03. The first-order chi connectivity index (χ1) is 15.5. The molecule has 2 heterocycles. The number of ether oxygens (including phenoxy) is 2. The molecule has 3 rings (SSSR count). The Labute approximate surface area is 202 Å². The second kappa shape index (κ2) is 8.03. The highest BCUT2D eigenvalue weighted by atomic mass is 16.6. The molecule has 2 aliphatic heterocycles. The average Bonchev–Trinajstić information content (AvgIpc) is 3.17. The van der Waals surface area contributed by atoms with E-state index < -0.39 is 52.3 Å². The maximum absolute atomic E-state index is 13.6. The van der Waals surface area contributed by atoms with Crippen molar-refractivity contribution in [3.05, 3.63) is 42.5 Å². The molecule has 0 aromatic heterocycles. The average molecular weight is 472 g/mol. The molecule has 186 valence electrons. The van der Waals surface area contributed by atoms with Gasteiger partial charge in [0.25, 0.3) is 0 Å². The molecule has 3 amide bonds.